The molecule has 0 aliphatic rings. The standard InChI is InChI=1S/C10H19O6PS2.C9H12NO5PS/c1-5-15-9(11)7-8(10(12)16-6-2)19-17(18,13-3)14-4;1-7-6-8(4-5-9(7)10(11)12)15-16(17,13-2)14-3/h8H,5-7H2,1-4H3;4-6H,1-3H3. The number of nitro groups is 1. The lowest BCUT2D eigenvalue weighted by atomic mass is 10.2. The fourth-order valence-electron chi connectivity index (χ4n) is 2.25. The number of hydrogen-bond acceptors (Lipinski definition) is 14. The molecule has 0 fully saturated rings. The van der Waals surface area contributed by atoms with E-state index in [1.165, 1.54) is 46.6 Å². The Bertz CT molecular complexity index is 964. The molecule has 1 aromatic carbocycles. The van der Waals surface area contributed by atoms with Crippen molar-refractivity contribution in [3.8, 4) is 5.75 Å². The summed E-state index contributed by atoms with van der Waals surface area (Å²) in [6.45, 7) is 2.68. The van der Waals surface area contributed by atoms with Crippen LogP contribution in [0.1, 0.15) is 25.8 Å². The Morgan fingerprint density at radius 3 is 2.00 bits per heavy atom. The van der Waals surface area contributed by atoms with E-state index in [2.05, 4.69) is 0 Å². The molecule has 0 saturated heterocycles. The molecule has 206 valence electrons. The number of benzene rings is 1. The first kappa shape index (κ1) is 34.9. The highest BCUT2D eigenvalue weighted by Crippen LogP contribution is 2.62. The second-order valence-corrected chi connectivity index (χ2v) is 16.0. The van der Waals surface area contributed by atoms with Gasteiger partial charge in [0.25, 0.3) is 5.69 Å². The smallest absolute Gasteiger partial charge is 0.380 e. The Balaban J connectivity index is 0.000000684. The van der Waals surface area contributed by atoms with Gasteiger partial charge in [0.1, 0.15) is 11.0 Å². The van der Waals surface area contributed by atoms with E-state index >= 15 is 0 Å². The van der Waals surface area contributed by atoms with Gasteiger partial charge < -0.3 is 32.1 Å². The highest BCUT2D eigenvalue weighted by molar-refractivity contribution is 8.68. The van der Waals surface area contributed by atoms with Crippen LogP contribution in [0.3, 0.4) is 0 Å². The molecule has 0 bridgehead atoms. The summed E-state index contributed by atoms with van der Waals surface area (Å²) in [6.07, 6.45) is -0.123. The van der Waals surface area contributed by atoms with Crippen LogP contribution in [0.2, 0.25) is 0 Å². The first-order chi connectivity index (χ1) is 16.8. The molecule has 0 saturated carbocycles. The fourth-order valence-corrected chi connectivity index (χ4v) is 7.05. The number of hydrogen-bond donors (Lipinski definition) is 0. The fraction of sp³-hybridized carbons (Fsp3) is 0.579. The maximum absolute atomic E-state index is 11.8. The first-order valence-corrected chi connectivity index (χ1v) is 16.9. The van der Waals surface area contributed by atoms with Crippen molar-refractivity contribution in [1.29, 1.82) is 0 Å². The third kappa shape index (κ3) is 12.4. The van der Waals surface area contributed by atoms with Crippen molar-refractivity contribution in [2.24, 2.45) is 0 Å². The van der Waals surface area contributed by atoms with Gasteiger partial charge in [-0.1, -0.05) is 11.4 Å². The summed E-state index contributed by atoms with van der Waals surface area (Å²) in [5.74, 6) is -0.620. The van der Waals surface area contributed by atoms with Crippen LogP contribution >= 0.6 is 23.8 Å². The van der Waals surface area contributed by atoms with Crippen LogP contribution in [0.25, 0.3) is 0 Å². The van der Waals surface area contributed by atoms with Crippen LogP contribution in [0.4, 0.5) is 5.69 Å². The number of esters is 2. The summed E-state index contributed by atoms with van der Waals surface area (Å²) in [4.78, 5) is 33.5. The molecule has 1 unspecified atom stereocenters. The van der Waals surface area contributed by atoms with E-state index in [0.29, 0.717) is 11.3 Å². The number of carbonyl (C=O) groups excluding carboxylic acids is 2. The van der Waals surface area contributed by atoms with Crippen molar-refractivity contribution in [1.82, 2.24) is 0 Å². The molecule has 0 aliphatic heterocycles. The largest absolute Gasteiger partial charge is 0.466 e. The normalized spacial score (nSPS) is 12.1. The lowest BCUT2D eigenvalue weighted by Crippen LogP contribution is -2.24. The number of nitro benzene ring substituents is 1. The SMILES string of the molecule is CCOC(=O)CC(SP(=S)(OC)OC)C(=O)OCC.COP(=S)(OC)Oc1ccc([N+](=O)[O-])c(C)c1. The van der Waals surface area contributed by atoms with Crippen LogP contribution in [0, 0.1) is 17.0 Å². The number of ether oxygens (including phenoxy) is 2. The Labute approximate surface area is 224 Å². The molecule has 1 rings (SSSR count). The number of nitrogens with zero attached hydrogens (tertiary/aromatic N) is 1. The molecular formula is C19H31NO11P2S3. The predicted octanol–water partition coefficient (Wildman–Crippen LogP) is 4.92. The summed E-state index contributed by atoms with van der Waals surface area (Å²) in [5.41, 5.74) is -2.13. The predicted molar refractivity (Wildman–Crippen MR) is 144 cm³/mol. The van der Waals surface area contributed by atoms with E-state index in [0.717, 1.165) is 11.4 Å². The molecule has 0 N–H and O–H groups in total. The molecular weight excluding hydrogens is 576 g/mol. The topological polar surface area (TPSA) is 142 Å². The van der Waals surface area contributed by atoms with Gasteiger partial charge in [-0.05, 0) is 44.7 Å². The first-order valence-electron chi connectivity index (χ1n) is 10.2. The lowest BCUT2D eigenvalue weighted by molar-refractivity contribution is -0.385. The maximum atomic E-state index is 11.8. The van der Waals surface area contributed by atoms with Crippen LogP contribution in [-0.4, -0.2) is 63.8 Å². The number of carbonyl (C=O) groups is 2. The molecule has 0 aromatic heterocycles. The average molecular weight is 608 g/mol. The zero-order chi connectivity index (χ0) is 27.9. The van der Waals surface area contributed by atoms with Gasteiger partial charge in [-0.15, -0.1) is 0 Å². The second-order valence-electron chi connectivity index (χ2n) is 6.28. The molecule has 1 aromatic rings. The molecule has 12 nitrogen and oxygen atoms in total. The second kappa shape index (κ2) is 17.4. The number of rotatable bonds is 14. The molecule has 0 spiro atoms. The van der Waals surface area contributed by atoms with Gasteiger partial charge in [-0.25, -0.2) is 0 Å². The Hall–Kier alpha value is -1.15. The van der Waals surface area contributed by atoms with Crippen molar-refractivity contribution < 1.29 is 46.6 Å². The zero-order valence-corrected chi connectivity index (χ0v) is 25.2. The third-order valence-electron chi connectivity index (χ3n) is 3.94. The molecule has 1 atom stereocenters. The summed E-state index contributed by atoms with van der Waals surface area (Å²) in [5, 5.41) is 9.85. The molecule has 17 heteroatoms. The minimum atomic E-state index is -2.80. The van der Waals surface area contributed by atoms with E-state index < -0.39 is 34.5 Å². The summed E-state index contributed by atoms with van der Waals surface area (Å²) in [6, 6.07) is 4.34. The molecule has 36 heavy (non-hydrogen) atoms. The van der Waals surface area contributed by atoms with Crippen LogP contribution in [0.5, 0.6) is 5.75 Å². The van der Waals surface area contributed by atoms with Gasteiger partial charge in [0.05, 0.1) is 24.6 Å². The molecule has 0 amide bonds. The summed E-state index contributed by atoms with van der Waals surface area (Å²) < 4.78 is 35.2. The van der Waals surface area contributed by atoms with Crippen LogP contribution in [0.15, 0.2) is 18.2 Å². The lowest BCUT2D eigenvalue weighted by Gasteiger charge is -2.21. The highest BCUT2D eigenvalue weighted by Gasteiger charge is 2.32. The minimum absolute atomic E-state index is 0.0282. The minimum Gasteiger partial charge on any atom is -0.466 e. The zero-order valence-electron chi connectivity index (χ0n) is 21.0. The average Bonchev–Trinajstić information content (AvgIpc) is 2.84. The van der Waals surface area contributed by atoms with Gasteiger partial charge in [0, 0.05) is 51.9 Å². The van der Waals surface area contributed by atoms with Crippen LogP contribution in [-0.2, 0) is 60.8 Å². The summed E-state index contributed by atoms with van der Waals surface area (Å²) in [7, 11) is 5.60. The summed E-state index contributed by atoms with van der Waals surface area (Å²) >= 11 is 11.2. The van der Waals surface area contributed by atoms with E-state index in [4.69, 9.17) is 55.7 Å². The Morgan fingerprint density at radius 1 is 1.03 bits per heavy atom. The van der Waals surface area contributed by atoms with Gasteiger partial charge >= 0.3 is 18.7 Å². The van der Waals surface area contributed by atoms with Crippen molar-refractivity contribution in [2.45, 2.75) is 32.4 Å². The van der Waals surface area contributed by atoms with E-state index in [9.17, 15) is 19.7 Å². The Kier molecular flexibility index (Phi) is 16.8. The maximum Gasteiger partial charge on any atom is 0.380 e. The third-order valence-corrected chi connectivity index (χ3v) is 12.3. The monoisotopic (exact) mass is 607 g/mol. The van der Waals surface area contributed by atoms with Crippen LogP contribution < -0.4 is 4.52 Å². The van der Waals surface area contributed by atoms with Gasteiger partial charge in [-0.3, -0.25) is 19.7 Å². The van der Waals surface area contributed by atoms with Crippen molar-refractivity contribution in [3.05, 3.63) is 33.9 Å². The molecule has 0 aliphatic carbocycles. The van der Waals surface area contributed by atoms with E-state index in [1.807, 2.05) is 0 Å². The molecule has 0 heterocycles. The van der Waals surface area contributed by atoms with Crippen molar-refractivity contribution in [2.75, 3.05) is 41.7 Å². The number of aryl methyl sites for hydroxylation is 1. The van der Waals surface area contributed by atoms with Gasteiger partial charge in [0.15, 0.2) is 0 Å². The van der Waals surface area contributed by atoms with Crippen molar-refractivity contribution >= 4 is 65.0 Å². The van der Waals surface area contributed by atoms with E-state index in [1.54, 1.807) is 20.8 Å². The van der Waals surface area contributed by atoms with Crippen molar-refractivity contribution in [3.63, 3.8) is 0 Å². The Morgan fingerprint density at radius 2 is 1.58 bits per heavy atom. The van der Waals surface area contributed by atoms with Gasteiger partial charge in [0.2, 0.25) is 5.69 Å². The highest BCUT2D eigenvalue weighted by atomic mass is 32.9. The van der Waals surface area contributed by atoms with Gasteiger partial charge in [-0.2, -0.15) is 0 Å². The van der Waals surface area contributed by atoms with E-state index in [-0.39, 0.29) is 25.3 Å². The quantitative estimate of drug-likeness (QED) is 0.122. The molecule has 0 radical (unpaired) electrons.